The van der Waals surface area contributed by atoms with E-state index in [1.54, 1.807) is 6.92 Å². The Balaban J connectivity index is 2.94. The van der Waals surface area contributed by atoms with Crippen LogP contribution in [0.2, 0.25) is 0 Å². The van der Waals surface area contributed by atoms with Crippen molar-refractivity contribution in [3.63, 3.8) is 0 Å². The normalized spacial score (nSPS) is 12.8. The highest BCUT2D eigenvalue weighted by Gasteiger charge is 2.07. The molecular formula is C9H15N3O. The van der Waals surface area contributed by atoms with E-state index < -0.39 is 0 Å². The van der Waals surface area contributed by atoms with Gasteiger partial charge in [-0.25, -0.2) is 4.98 Å². The Labute approximate surface area is 77.2 Å². The highest BCUT2D eigenvalue weighted by atomic mass is 16.1. The third kappa shape index (κ3) is 2.66. The van der Waals surface area contributed by atoms with Gasteiger partial charge >= 0.3 is 0 Å². The number of aryl methyl sites for hydroxylation is 1. The van der Waals surface area contributed by atoms with Gasteiger partial charge in [0.25, 0.3) is 5.56 Å². The smallest absolute Gasteiger partial charge is 0.251 e. The number of rotatable bonds is 3. The number of nitrogens with one attached hydrogen (secondary N) is 1. The van der Waals surface area contributed by atoms with Gasteiger partial charge in [0.2, 0.25) is 0 Å². The Morgan fingerprint density at radius 2 is 2.38 bits per heavy atom. The average molecular weight is 181 g/mol. The summed E-state index contributed by atoms with van der Waals surface area (Å²) in [6.07, 6.45) is 1.82. The van der Waals surface area contributed by atoms with E-state index in [9.17, 15) is 4.79 Å². The second kappa shape index (κ2) is 4.18. The average Bonchev–Trinajstić information content (AvgIpc) is 2.03. The summed E-state index contributed by atoms with van der Waals surface area (Å²) in [6.45, 7) is 3.84. The van der Waals surface area contributed by atoms with E-state index in [0.717, 1.165) is 12.8 Å². The second-order valence-corrected chi connectivity index (χ2v) is 3.17. The van der Waals surface area contributed by atoms with Crippen LogP contribution in [0.1, 0.15) is 37.3 Å². The topological polar surface area (TPSA) is 71.8 Å². The first kappa shape index (κ1) is 9.92. The quantitative estimate of drug-likeness (QED) is 0.727. The first-order chi connectivity index (χ1) is 6.13. The fourth-order valence-corrected chi connectivity index (χ4v) is 1.23. The summed E-state index contributed by atoms with van der Waals surface area (Å²) in [5, 5.41) is 0. The monoisotopic (exact) mass is 181 g/mol. The van der Waals surface area contributed by atoms with Crippen LogP contribution in [0.5, 0.6) is 0 Å². The fourth-order valence-electron chi connectivity index (χ4n) is 1.23. The molecular weight excluding hydrogens is 166 g/mol. The summed E-state index contributed by atoms with van der Waals surface area (Å²) in [5.74, 6) is 0.590. The SMILES string of the molecule is CCCC(N)c1nc(C)cc(=O)[nH]1. The van der Waals surface area contributed by atoms with Gasteiger partial charge < -0.3 is 10.7 Å². The molecule has 0 bridgehead atoms. The molecule has 0 aliphatic rings. The van der Waals surface area contributed by atoms with E-state index in [0.29, 0.717) is 11.5 Å². The summed E-state index contributed by atoms with van der Waals surface area (Å²) < 4.78 is 0. The van der Waals surface area contributed by atoms with E-state index in [4.69, 9.17) is 5.73 Å². The van der Waals surface area contributed by atoms with E-state index in [1.165, 1.54) is 6.07 Å². The van der Waals surface area contributed by atoms with Crippen molar-refractivity contribution >= 4 is 0 Å². The van der Waals surface area contributed by atoms with Crippen molar-refractivity contribution in [2.75, 3.05) is 0 Å². The minimum absolute atomic E-state index is 0.131. The van der Waals surface area contributed by atoms with Gasteiger partial charge in [0, 0.05) is 11.8 Å². The molecule has 0 aliphatic heterocycles. The lowest BCUT2D eigenvalue weighted by Crippen LogP contribution is -2.19. The molecule has 4 heteroatoms. The van der Waals surface area contributed by atoms with E-state index >= 15 is 0 Å². The lowest BCUT2D eigenvalue weighted by Gasteiger charge is -2.08. The molecule has 1 aromatic heterocycles. The lowest BCUT2D eigenvalue weighted by atomic mass is 10.1. The third-order valence-corrected chi connectivity index (χ3v) is 1.84. The van der Waals surface area contributed by atoms with Gasteiger partial charge in [-0.15, -0.1) is 0 Å². The van der Waals surface area contributed by atoms with Crippen LogP contribution in [-0.2, 0) is 0 Å². The van der Waals surface area contributed by atoms with Gasteiger partial charge in [-0.05, 0) is 13.3 Å². The van der Waals surface area contributed by atoms with Crippen molar-refractivity contribution in [1.29, 1.82) is 0 Å². The van der Waals surface area contributed by atoms with Gasteiger partial charge in [-0.2, -0.15) is 0 Å². The van der Waals surface area contributed by atoms with Crippen LogP contribution in [0.25, 0.3) is 0 Å². The van der Waals surface area contributed by atoms with Gasteiger partial charge in [0.1, 0.15) is 5.82 Å². The van der Waals surface area contributed by atoms with Crippen LogP contribution in [-0.4, -0.2) is 9.97 Å². The van der Waals surface area contributed by atoms with Crippen molar-refractivity contribution in [2.45, 2.75) is 32.7 Å². The molecule has 0 spiro atoms. The van der Waals surface area contributed by atoms with Crippen LogP contribution < -0.4 is 11.3 Å². The van der Waals surface area contributed by atoms with Crippen LogP contribution >= 0.6 is 0 Å². The van der Waals surface area contributed by atoms with E-state index in [2.05, 4.69) is 9.97 Å². The summed E-state index contributed by atoms with van der Waals surface area (Å²) in [6, 6.07) is 1.31. The number of hydrogen-bond acceptors (Lipinski definition) is 3. The molecule has 1 aromatic rings. The first-order valence-corrected chi connectivity index (χ1v) is 4.47. The number of nitrogens with two attached hydrogens (primary N) is 1. The van der Waals surface area contributed by atoms with Crippen LogP contribution in [0, 0.1) is 6.92 Å². The minimum atomic E-state index is -0.155. The molecule has 0 radical (unpaired) electrons. The van der Waals surface area contributed by atoms with Crippen molar-refractivity contribution in [3.8, 4) is 0 Å². The largest absolute Gasteiger partial charge is 0.321 e. The molecule has 0 saturated heterocycles. The Morgan fingerprint density at radius 3 is 2.92 bits per heavy atom. The zero-order valence-corrected chi connectivity index (χ0v) is 8.00. The summed E-state index contributed by atoms with van der Waals surface area (Å²) in [5.41, 5.74) is 6.39. The van der Waals surface area contributed by atoms with Crippen LogP contribution in [0.3, 0.4) is 0 Å². The Bertz CT molecular complexity index is 332. The molecule has 0 amide bonds. The molecule has 0 fully saturated rings. The molecule has 3 N–H and O–H groups in total. The van der Waals surface area contributed by atoms with Crippen molar-refractivity contribution in [1.82, 2.24) is 9.97 Å². The molecule has 1 unspecified atom stereocenters. The molecule has 0 aliphatic carbocycles. The van der Waals surface area contributed by atoms with Crippen molar-refractivity contribution < 1.29 is 0 Å². The van der Waals surface area contributed by atoms with Crippen LogP contribution in [0.4, 0.5) is 0 Å². The second-order valence-electron chi connectivity index (χ2n) is 3.17. The Morgan fingerprint density at radius 1 is 1.69 bits per heavy atom. The van der Waals surface area contributed by atoms with Gasteiger partial charge in [-0.3, -0.25) is 4.79 Å². The van der Waals surface area contributed by atoms with E-state index in [1.807, 2.05) is 6.92 Å². The fraction of sp³-hybridized carbons (Fsp3) is 0.556. The maximum absolute atomic E-state index is 11.1. The molecule has 0 saturated carbocycles. The predicted octanol–water partition coefficient (Wildman–Crippen LogP) is 0.878. The van der Waals surface area contributed by atoms with Gasteiger partial charge in [0.05, 0.1) is 6.04 Å². The molecule has 4 nitrogen and oxygen atoms in total. The lowest BCUT2D eigenvalue weighted by molar-refractivity contribution is 0.597. The standard InChI is InChI=1S/C9H15N3O/c1-3-4-7(10)9-11-6(2)5-8(13)12-9/h5,7H,3-4,10H2,1-2H3,(H,11,12,13). The number of nitrogens with zero attached hydrogens (tertiary/aromatic N) is 1. The van der Waals surface area contributed by atoms with Crippen LogP contribution in [0.15, 0.2) is 10.9 Å². The number of aromatic nitrogens is 2. The zero-order valence-electron chi connectivity index (χ0n) is 8.00. The summed E-state index contributed by atoms with van der Waals surface area (Å²) in [4.78, 5) is 17.9. The van der Waals surface area contributed by atoms with E-state index in [-0.39, 0.29) is 11.6 Å². The maximum atomic E-state index is 11.1. The number of H-pyrrole nitrogens is 1. The van der Waals surface area contributed by atoms with Crippen molar-refractivity contribution in [3.05, 3.63) is 27.9 Å². The van der Waals surface area contributed by atoms with Gasteiger partial charge in [-0.1, -0.05) is 13.3 Å². The highest BCUT2D eigenvalue weighted by Crippen LogP contribution is 2.09. The molecule has 1 heterocycles. The maximum Gasteiger partial charge on any atom is 0.251 e. The Kier molecular flexibility index (Phi) is 3.19. The Hall–Kier alpha value is -1.16. The third-order valence-electron chi connectivity index (χ3n) is 1.84. The zero-order chi connectivity index (χ0) is 9.84. The molecule has 0 aromatic carbocycles. The summed E-state index contributed by atoms with van der Waals surface area (Å²) >= 11 is 0. The summed E-state index contributed by atoms with van der Waals surface area (Å²) in [7, 11) is 0. The molecule has 13 heavy (non-hydrogen) atoms. The molecule has 72 valence electrons. The minimum Gasteiger partial charge on any atom is -0.321 e. The number of hydrogen-bond donors (Lipinski definition) is 2. The number of aromatic amines is 1. The molecule has 1 atom stereocenters. The predicted molar refractivity (Wildman–Crippen MR) is 51.4 cm³/mol. The highest BCUT2D eigenvalue weighted by molar-refractivity contribution is 5.02. The molecule has 1 rings (SSSR count). The van der Waals surface area contributed by atoms with Gasteiger partial charge in [0.15, 0.2) is 0 Å². The first-order valence-electron chi connectivity index (χ1n) is 4.47. The van der Waals surface area contributed by atoms with Crippen molar-refractivity contribution in [2.24, 2.45) is 5.73 Å².